The van der Waals surface area contributed by atoms with Crippen LogP contribution in [0.15, 0.2) is 18.2 Å². The van der Waals surface area contributed by atoms with E-state index in [0.29, 0.717) is 5.69 Å². The number of nitrogens with one attached hydrogen (secondary N) is 1. The molecule has 0 aliphatic rings. The van der Waals surface area contributed by atoms with Crippen LogP contribution in [0.2, 0.25) is 0 Å². The van der Waals surface area contributed by atoms with Gasteiger partial charge in [0, 0.05) is 25.7 Å². The Morgan fingerprint density at radius 3 is 2.56 bits per heavy atom. The molecule has 7 nitrogen and oxygen atoms in total. The molecule has 1 aromatic rings. The molecule has 0 aromatic heterocycles. The van der Waals surface area contributed by atoms with Crippen molar-refractivity contribution in [2.75, 3.05) is 19.0 Å². The van der Waals surface area contributed by atoms with E-state index in [1.54, 1.807) is 19.0 Å². The minimum Gasteiger partial charge on any atom is -0.372 e. The number of hydrogen-bond acceptors (Lipinski definition) is 5. The molecule has 0 saturated carbocycles. The number of hydrogen-bond donors (Lipinski definition) is 2. The number of rotatable bonds is 3. The summed E-state index contributed by atoms with van der Waals surface area (Å²) in [6.45, 7) is 0. The minimum atomic E-state index is -0.562. The highest BCUT2D eigenvalue weighted by molar-refractivity contribution is 5.95. The number of carbonyl (C=O) groups excluding carboxylic acids is 1. The molecule has 0 bridgehead atoms. The number of nitro benzene ring substituents is 1. The number of carbonyl (C=O) groups is 1. The van der Waals surface area contributed by atoms with Gasteiger partial charge in [0.25, 0.3) is 11.6 Å². The summed E-state index contributed by atoms with van der Waals surface area (Å²) in [6, 6.07) is 4.17. The molecule has 0 radical (unpaired) electrons. The first-order valence-electron chi connectivity index (χ1n) is 4.44. The number of hydrazine groups is 1. The molecule has 1 rings (SSSR count). The van der Waals surface area contributed by atoms with Gasteiger partial charge < -0.3 is 4.90 Å². The van der Waals surface area contributed by atoms with Gasteiger partial charge in [0.2, 0.25) is 0 Å². The van der Waals surface area contributed by atoms with Crippen molar-refractivity contribution < 1.29 is 9.72 Å². The fourth-order valence-corrected chi connectivity index (χ4v) is 1.27. The van der Waals surface area contributed by atoms with E-state index in [0.717, 1.165) is 0 Å². The largest absolute Gasteiger partial charge is 0.372 e. The third kappa shape index (κ3) is 2.26. The number of nitrogens with zero attached hydrogens (tertiary/aromatic N) is 2. The summed E-state index contributed by atoms with van der Waals surface area (Å²) in [6.07, 6.45) is 0. The monoisotopic (exact) mass is 224 g/mol. The summed E-state index contributed by atoms with van der Waals surface area (Å²) in [5.41, 5.74) is 2.37. The van der Waals surface area contributed by atoms with Crippen molar-refractivity contribution in [3.05, 3.63) is 33.9 Å². The number of nitrogen functional groups attached to an aromatic ring is 1. The van der Waals surface area contributed by atoms with Crippen molar-refractivity contribution in [1.82, 2.24) is 5.43 Å². The maximum atomic E-state index is 11.2. The van der Waals surface area contributed by atoms with E-state index in [-0.39, 0.29) is 11.3 Å². The van der Waals surface area contributed by atoms with Gasteiger partial charge in [-0.2, -0.15) is 0 Å². The first kappa shape index (κ1) is 11.9. The molecule has 7 heteroatoms. The lowest BCUT2D eigenvalue weighted by molar-refractivity contribution is -0.384. The van der Waals surface area contributed by atoms with E-state index in [1.807, 2.05) is 5.43 Å². The normalized spacial score (nSPS) is 9.69. The van der Waals surface area contributed by atoms with Gasteiger partial charge in [0.1, 0.15) is 5.69 Å². The lowest BCUT2D eigenvalue weighted by Crippen LogP contribution is -2.30. The summed E-state index contributed by atoms with van der Waals surface area (Å²) in [7, 11) is 3.37. The van der Waals surface area contributed by atoms with E-state index in [1.165, 1.54) is 18.2 Å². The van der Waals surface area contributed by atoms with Gasteiger partial charge >= 0.3 is 0 Å². The van der Waals surface area contributed by atoms with Crippen LogP contribution >= 0.6 is 0 Å². The second kappa shape index (κ2) is 4.58. The molecule has 0 aliphatic heterocycles. The Hall–Kier alpha value is -2.15. The number of nitrogens with two attached hydrogens (primary N) is 1. The molecule has 0 spiro atoms. The molecule has 86 valence electrons. The predicted molar refractivity (Wildman–Crippen MR) is 59.1 cm³/mol. The van der Waals surface area contributed by atoms with Crippen LogP contribution in [0.3, 0.4) is 0 Å². The maximum absolute atomic E-state index is 11.2. The third-order valence-corrected chi connectivity index (χ3v) is 2.05. The summed E-state index contributed by atoms with van der Waals surface area (Å²) in [5, 5.41) is 10.8. The summed E-state index contributed by atoms with van der Waals surface area (Å²) < 4.78 is 0. The smallest absolute Gasteiger partial charge is 0.293 e. The molecule has 1 aromatic carbocycles. The molecular weight excluding hydrogens is 212 g/mol. The molecule has 0 atom stereocenters. The van der Waals surface area contributed by atoms with Gasteiger partial charge in [-0.25, -0.2) is 5.84 Å². The molecule has 0 fully saturated rings. The van der Waals surface area contributed by atoms with Gasteiger partial charge in [-0.05, 0) is 12.1 Å². The van der Waals surface area contributed by atoms with Crippen LogP contribution in [0.4, 0.5) is 11.4 Å². The quantitative estimate of drug-likeness (QED) is 0.332. The van der Waals surface area contributed by atoms with Crippen LogP contribution in [-0.2, 0) is 0 Å². The van der Waals surface area contributed by atoms with E-state index < -0.39 is 10.8 Å². The standard InChI is InChI=1S/C9H12N4O3/c1-12(2)7-4-3-6(9(14)11-10)5-8(7)13(15)16/h3-5H,10H2,1-2H3,(H,11,14). The lowest BCUT2D eigenvalue weighted by atomic mass is 10.1. The summed E-state index contributed by atoms with van der Waals surface area (Å²) >= 11 is 0. The van der Waals surface area contributed by atoms with Crippen LogP contribution in [0.25, 0.3) is 0 Å². The summed E-state index contributed by atoms with van der Waals surface area (Å²) in [4.78, 5) is 23.1. The Morgan fingerprint density at radius 2 is 2.12 bits per heavy atom. The Kier molecular flexibility index (Phi) is 3.41. The Bertz CT molecular complexity index is 431. The fourth-order valence-electron chi connectivity index (χ4n) is 1.27. The second-order valence-electron chi connectivity index (χ2n) is 3.33. The highest BCUT2D eigenvalue weighted by Crippen LogP contribution is 2.27. The fraction of sp³-hybridized carbons (Fsp3) is 0.222. The van der Waals surface area contributed by atoms with Crippen molar-refractivity contribution in [2.45, 2.75) is 0 Å². The zero-order valence-electron chi connectivity index (χ0n) is 8.93. The van der Waals surface area contributed by atoms with E-state index >= 15 is 0 Å². The number of benzene rings is 1. The van der Waals surface area contributed by atoms with Crippen molar-refractivity contribution in [3.8, 4) is 0 Å². The number of nitro groups is 1. The average Bonchev–Trinajstić information content (AvgIpc) is 2.26. The maximum Gasteiger partial charge on any atom is 0.293 e. The van der Waals surface area contributed by atoms with Crippen molar-refractivity contribution in [3.63, 3.8) is 0 Å². The van der Waals surface area contributed by atoms with Gasteiger partial charge in [-0.15, -0.1) is 0 Å². The first-order valence-corrected chi connectivity index (χ1v) is 4.44. The van der Waals surface area contributed by atoms with Crippen LogP contribution in [-0.4, -0.2) is 24.9 Å². The molecular formula is C9H12N4O3. The highest BCUT2D eigenvalue weighted by Gasteiger charge is 2.18. The molecule has 0 unspecified atom stereocenters. The van der Waals surface area contributed by atoms with E-state index in [2.05, 4.69) is 0 Å². The van der Waals surface area contributed by atoms with Crippen LogP contribution in [0.5, 0.6) is 0 Å². The second-order valence-corrected chi connectivity index (χ2v) is 3.33. The molecule has 16 heavy (non-hydrogen) atoms. The SMILES string of the molecule is CN(C)c1ccc(C(=O)NN)cc1[N+](=O)[O-]. The third-order valence-electron chi connectivity index (χ3n) is 2.05. The molecule has 0 heterocycles. The topological polar surface area (TPSA) is 102 Å². The molecule has 3 N–H and O–H groups in total. The minimum absolute atomic E-state index is 0.133. The van der Waals surface area contributed by atoms with Crippen LogP contribution < -0.4 is 16.2 Å². The number of amides is 1. The average molecular weight is 224 g/mol. The lowest BCUT2D eigenvalue weighted by Gasteiger charge is -2.12. The van der Waals surface area contributed by atoms with Gasteiger partial charge in [0.05, 0.1) is 4.92 Å². The molecule has 0 aliphatic carbocycles. The van der Waals surface area contributed by atoms with Crippen LogP contribution in [0, 0.1) is 10.1 Å². The van der Waals surface area contributed by atoms with E-state index in [4.69, 9.17) is 5.84 Å². The zero-order chi connectivity index (χ0) is 12.3. The van der Waals surface area contributed by atoms with Gasteiger partial charge in [-0.1, -0.05) is 0 Å². The van der Waals surface area contributed by atoms with Gasteiger partial charge in [0.15, 0.2) is 0 Å². The predicted octanol–water partition coefficient (Wildman–Crippen LogP) is 0.264. The Labute approximate surface area is 92.0 Å². The highest BCUT2D eigenvalue weighted by atomic mass is 16.6. The molecule has 0 saturated heterocycles. The van der Waals surface area contributed by atoms with E-state index in [9.17, 15) is 14.9 Å². The summed E-state index contributed by atoms with van der Waals surface area (Å²) in [5.74, 6) is 4.39. The Balaban J connectivity index is 3.28. The zero-order valence-corrected chi connectivity index (χ0v) is 8.93. The first-order chi connectivity index (χ1) is 7.47. The number of anilines is 1. The van der Waals surface area contributed by atoms with Crippen molar-refractivity contribution in [1.29, 1.82) is 0 Å². The van der Waals surface area contributed by atoms with Crippen LogP contribution in [0.1, 0.15) is 10.4 Å². The van der Waals surface area contributed by atoms with Crippen molar-refractivity contribution in [2.24, 2.45) is 5.84 Å². The molecule has 1 amide bonds. The Morgan fingerprint density at radius 1 is 1.50 bits per heavy atom. The van der Waals surface area contributed by atoms with Gasteiger partial charge in [-0.3, -0.25) is 20.3 Å². The van der Waals surface area contributed by atoms with Crippen molar-refractivity contribution >= 4 is 17.3 Å².